The van der Waals surface area contributed by atoms with Crippen molar-refractivity contribution in [2.75, 3.05) is 6.54 Å². The second kappa shape index (κ2) is 7.52. The number of halogens is 2. The van der Waals surface area contributed by atoms with E-state index < -0.39 is 0 Å². The van der Waals surface area contributed by atoms with Crippen molar-refractivity contribution in [1.29, 1.82) is 0 Å². The van der Waals surface area contributed by atoms with Crippen molar-refractivity contribution in [2.45, 2.75) is 20.4 Å². The van der Waals surface area contributed by atoms with E-state index in [9.17, 15) is 4.39 Å². The Morgan fingerprint density at radius 1 is 1.29 bits per heavy atom. The average molecular weight is 353 g/mol. The average Bonchev–Trinajstić information content (AvgIpc) is 2.37. The van der Waals surface area contributed by atoms with Crippen molar-refractivity contribution in [3.63, 3.8) is 0 Å². The van der Waals surface area contributed by atoms with Crippen LogP contribution in [0.5, 0.6) is 11.6 Å². The molecule has 0 radical (unpaired) electrons. The summed E-state index contributed by atoms with van der Waals surface area (Å²) in [6.07, 6.45) is 0. The molecule has 2 aromatic rings. The van der Waals surface area contributed by atoms with Crippen LogP contribution in [-0.4, -0.2) is 11.5 Å². The maximum atomic E-state index is 13.3. The molecule has 0 saturated carbocycles. The monoisotopic (exact) mass is 352 g/mol. The standard InChI is InChI=1S/C16H18BrFN2O/c1-11(2)9-19-10-14-4-3-5-16(20-14)21-15-7-12(17)6-13(18)8-15/h3-8,11,19H,9-10H2,1-2H3. The summed E-state index contributed by atoms with van der Waals surface area (Å²) in [4.78, 5) is 4.40. The molecule has 1 N–H and O–H groups in total. The normalized spacial score (nSPS) is 10.9. The predicted molar refractivity (Wildman–Crippen MR) is 85.0 cm³/mol. The number of nitrogens with zero attached hydrogens (tertiary/aromatic N) is 1. The van der Waals surface area contributed by atoms with Crippen LogP contribution < -0.4 is 10.1 Å². The van der Waals surface area contributed by atoms with Gasteiger partial charge in [-0.3, -0.25) is 0 Å². The van der Waals surface area contributed by atoms with Crippen LogP contribution in [0, 0.1) is 11.7 Å². The summed E-state index contributed by atoms with van der Waals surface area (Å²) in [6.45, 7) is 5.93. The van der Waals surface area contributed by atoms with E-state index in [1.54, 1.807) is 12.1 Å². The first-order valence-electron chi connectivity index (χ1n) is 6.83. The summed E-state index contributed by atoms with van der Waals surface area (Å²) >= 11 is 3.24. The minimum absolute atomic E-state index is 0.353. The molecule has 0 saturated heterocycles. The lowest BCUT2D eigenvalue weighted by Gasteiger charge is -2.09. The maximum absolute atomic E-state index is 13.3. The molecule has 112 valence electrons. The van der Waals surface area contributed by atoms with E-state index in [1.807, 2.05) is 12.1 Å². The number of ether oxygens (including phenoxy) is 1. The lowest BCUT2D eigenvalue weighted by molar-refractivity contribution is 0.453. The Hall–Kier alpha value is -1.46. The zero-order valence-corrected chi connectivity index (χ0v) is 13.7. The quantitative estimate of drug-likeness (QED) is 0.829. The minimum Gasteiger partial charge on any atom is -0.439 e. The molecule has 0 atom stereocenters. The van der Waals surface area contributed by atoms with E-state index in [1.165, 1.54) is 12.1 Å². The Labute approximate surface area is 132 Å². The number of pyridine rings is 1. The number of benzene rings is 1. The highest BCUT2D eigenvalue weighted by Crippen LogP contribution is 2.24. The third-order valence-electron chi connectivity index (χ3n) is 2.70. The predicted octanol–water partition coefficient (Wildman–Crippen LogP) is 4.52. The van der Waals surface area contributed by atoms with E-state index >= 15 is 0 Å². The largest absolute Gasteiger partial charge is 0.439 e. The van der Waals surface area contributed by atoms with Gasteiger partial charge >= 0.3 is 0 Å². The molecule has 0 amide bonds. The van der Waals surface area contributed by atoms with Crippen molar-refractivity contribution in [3.8, 4) is 11.6 Å². The molecule has 0 aliphatic rings. The van der Waals surface area contributed by atoms with Crippen molar-refractivity contribution in [2.24, 2.45) is 5.92 Å². The van der Waals surface area contributed by atoms with Gasteiger partial charge in [-0.15, -0.1) is 0 Å². The van der Waals surface area contributed by atoms with Gasteiger partial charge in [0, 0.05) is 23.2 Å². The van der Waals surface area contributed by atoms with Crippen molar-refractivity contribution < 1.29 is 9.13 Å². The minimum atomic E-state index is -0.353. The van der Waals surface area contributed by atoms with Gasteiger partial charge in [0.2, 0.25) is 5.88 Å². The molecular formula is C16H18BrFN2O. The molecule has 0 fully saturated rings. The Morgan fingerprint density at radius 2 is 2.10 bits per heavy atom. The summed E-state index contributed by atoms with van der Waals surface area (Å²) in [5, 5.41) is 3.32. The number of aromatic nitrogens is 1. The third-order valence-corrected chi connectivity index (χ3v) is 3.16. The lowest BCUT2D eigenvalue weighted by Crippen LogP contribution is -2.19. The molecule has 3 nitrogen and oxygen atoms in total. The van der Waals surface area contributed by atoms with Gasteiger partial charge in [0.15, 0.2) is 0 Å². The summed E-state index contributed by atoms with van der Waals surface area (Å²) in [5.41, 5.74) is 0.892. The Bertz CT molecular complexity index is 584. The Kier molecular flexibility index (Phi) is 5.70. The fraction of sp³-hybridized carbons (Fsp3) is 0.312. The highest BCUT2D eigenvalue weighted by Gasteiger charge is 2.04. The van der Waals surface area contributed by atoms with Crippen LogP contribution in [-0.2, 0) is 6.54 Å². The van der Waals surface area contributed by atoms with Gasteiger partial charge in [0.05, 0.1) is 5.69 Å². The van der Waals surface area contributed by atoms with Crippen LogP contribution >= 0.6 is 15.9 Å². The molecule has 5 heteroatoms. The van der Waals surface area contributed by atoms with Gasteiger partial charge in [-0.2, -0.15) is 0 Å². The fourth-order valence-electron chi connectivity index (χ4n) is 1.81. The molecule has 1 heterocycles. The highest BCUT2D eigenvalue weighted by molar-refractivity contribution is 9.10. The summed E-state index contributed by atoms with van der Waals surface area (Å²) < 4.78 is 19.5. The van der Waals surface area contributed by atoms with E-state index in [-0.39, 0.29) is 5.82 Å². The number of nitrogens with one attached hydrogen (secondary N) is 1. The van der Waals surface area contributed by atoms with E-state index in [4.69, 9.17) is 4.74 Å². The van der Waals surface area contributed by atoms with E-state index in [2.05, 4.69) is 40.1 Å². The van der Waals surface area contributed by atoms with Gasteiger partial charge in [0.25, 0.3) is 0 Å². The van der Waals surface area contributed by atoms with Crippen LogP contribution in [0.3, 0.4) is 0 Å². The highest BCUT2D eigenvalue weighted by atomic mass is 79.9. The summed E-state index contributed by atoms with van der Waals surface area (Å²) in [7, 11) is 0. The number of rotatable bonds is 6. The van der Waals surface area contributed by atoms with Crippen LogP contribution in [0.1, 0.15) is 19.5 Å². The zero-order valence-electron chi connectivity index (χ0n) is 12.1. The van der Waals surface area contributed by atoms with Crippen molar-refractivity contribution >= 4 is 15.9 Å². The molecule has 0 bridgehead atoms. The van der Waals surface area contributed by atoms with Crippen LogP contribution in [0.25, 0.3) is 0 Å². The molecular weight excluding hydrogens is 335 g/mol. The molecule has 0 spiro atoms. The second-order valence-electron chi connectivity index (χ2n) is 5.20. The smallest absolute Gasteiger partial charge is 0.219 e. The topological polar surface area (TPSA) is 34.1 Å². The summed E-state index contributed by atoms with van der Waals surface area (Å²) in [6, 6.07) is 9.98. The lowest BCUT2D eigenvalue weighted by atomic mass is 10.2. The fourth-order valence-corrected chi connectivity index (χ4v) is 2.25. The maximum Gasteiger partial charge on any atom is 0.219 e. The zero-order chi connectivity index (χ0) is 15.2. The number of hydrogen-bond donors (Lipinski definition) is 1. The van der Waals surface area contributed by atoms with E-state index in [0.29, 0.717) is 28.6 Å². The SMILES string of the molecule is CC(C)CNCc1cccc(Oc2cc(F)cc(Br)c2)n1. The first-order valence-corrected chi connectivity index (χ1v) is 7.63. The van der Waals surface area contributed by atoms with Crippen molar-refractivity contribution in [1.82, 2.24) is 10.3 Å². The van der Waals surface area contributed by atoms with E-state index in [0.717, 1.165) is 12.2 Å². The first kappa shape index (κ1) is 15.9. The Balaban J connectivity index is 2.03. The molecule has 1 aromatic heterocycles. The Morgan fingerprint density at radius 3 is 2.81 bits per heavy atom. The summed E-state index contributed by atoms with van der Waals surface area (Å²) in [5.74, 6) is 1.11. The van der Waals surface area contributed by atoms with Gasteiger partial charge in [-0.25, -0.2) is 9.37 Å². The molecule has 0 unspecified atom stereocenters. The molecule has 0 aliphatic carbocycles. The molecule has 2 rings (SSSR count). The molecule has 0 aliphatic heterocycles. The van der Waals surface area contributed by atoms with Gasteiger partial charge in [-0.05, 0) is 30.7 Å². The van der Waals surface area contributed by atoms with Crippen LogP contribution in [0.4, 0.5) is 4.39 Å². The van der Waals surface area contributed by atoms with Crippen LogP contribution in [0.2, 0.25) is 0 Å². The molecule has 1 aromatic carbocycles. The van der Waals surface area contributed by atoms with Crippen molar-refractivity contribution in [3.05, 3.63) is 52.4 Å². The van der Waals surface area contributed by atoms with Crippen LogP contribution in [0.15, 0.2) is 40.9 Å². The first-order chi connectivity index (χ1) is 10.0. The number of hydrogen-bond acceptors (Lipinski definition) is 3. The second-order valence-corrected chi connectivity index (χ2v) is 6.11. The van der Waals surface area contributed by atoms with Gasteiger partial charge < -0.3 is 10.1 Å². The third kappa shape index (κ3) is 5.44. The van der Waals surface area contributed by atoms with Gasteiger partial charge in [-0.1, -0.05) is 35.8 Å². The van der Waals surface area contributed by atoms with Gasteiger partial charge in [0.1, 0.15) is 11.6 Å². The molecule has 21 heavy (non-hydrogen) atoms.